The molecule has 2 rings (SSSR count). The number of hydrogen-bond acceptors (Lipinski definition) is 3. The van der Waals surface area contributed by atoms with Gasteiger partial charge >= 0.3 is 0 Å². The van der Waals surface area contributed by atoms with E-state index in [-0.39, 0.29) is 30.0 Å². The van der Waals surface area contributed by atoms with Gasteiger partial charge in [-0.1, -0.05) is 19.3 Å². The minimum atomic E-state index is -0.634. The van der Waals surface area contributed by atoms with Crippen LogP contribution in [-0.4, -0.2) is 29.8 Å². The highest BCUT2D eigenvalue weighted by molar-refractivity contribution is 14.0. The summed E-state index contributed by atoms with van der Waals surface area (Å²) in [5.41, 5.74) is -0.634. The van der Waals surface area contributed by atoms with E-state index in [4.69, 9.17) is 4.42 Å². The summed E-state index contributed by atoms with van der Waals surface area (Å²) in [6.45, 7) is 7.25. The van der Waals surface area contributed by atoms with Crippen LogP contribution in [0.25, 0.3) is 0 Å². The number of aliphatic imine (C=N–C) groups is 1. The maximum atomic E-state index is 10.6. The molecule has 1 heterocycles. The number of halogens is 1. The lowest BCUT2D eigenvalue weighted by molar-refractivity contribution is 0.0131. The molecule has 1 aromatic rings. The molecule has 1 aliphatic carbocycles. The lowest BCUT2D eigenvalue weighted by Gasteiger charge is -2.30. The zero-order valence-electron chi connectivity index (χ0n) is 14.4. The molecule has 0 bridgehead atoms. The van der Waals surface area contributed by atoms with Gasteiger partial charge in [-0.2, -0.15) is 0 Å². The molecule has 1 atom stereocenters. The first-order valence-electron chi connectivity index (χ1n) is 8.36. The number of nitrogens with zero attached hydrogens (tertiary/aromatic N) is 1. The van der Waals surface area contributed by atoms with E-state index in [0.717, 1.165) is 49.7 Å². The van der Waals surface area contributed by atoms with E-state index >= 15 is 0 Å². The van der Waals surface area contributed by atoms with Crippen LogP contribution >= 0.6 is 24.0 Å². The fraction of sp³-hybridized carbons (Fsp3) is 0.706. The van der Waals surface area contributed by atoms with Crippen molar-refractivity contribution in [3.8, 4) is 0 Å². The molecule has 5 nitrogen and oxygen atoms in total. The number of aliphatic hydroxyl groups is 1. The maximum Gasteiger partial charge on any atom is 0.191 e. The molecule has 1 aromatic heterocycles. The first kappa shape index (κ1) is 20.3. The summed E-state index contributed by atoms with van der Waals surface area (Å²) >= 11 is 0. The van der Waals surface area contributed by atoms with E-state index < -0.39 is 5.60 Å². The van der Waals surface area contributed by atoms with E-state index in [1.165, 1.54) is 6.42 Å². The van der Waals surface area contributed by atoms with Crippen LogP contribution < -0.4 is 10.6 Å². The van der Waals surface area contributed by atoms with Gasteiger partial charge in [0.2, 0.25) is 0 Å². The Balaban J connectivity index is 0.00000264. The average molecular weight is 435 g/mol. The van der Waals surface area contributed by atoms with E-state index in [0.29, 0.717) is 6.54 Å². The minimum Gasteiger partial charge on any atom is -0.464 e. The SMILES string of the molecule is CCNC(=NCC1(O)CCCCC1)NC(C)c1ccc(C)o1.I. The van der Waals surface area contributed by atoms with E-state index in [1.807, 2.05) is 32.9 Å². The van der Waals surface area contributed by atoms with Gasteiger partial charge in [0.25, 0.3) is 0 Å². The molecule has 6 heteroatoms. The second-order valence-corrected chi connectivity index (χ2v) is 6.29. The molecule has 1 aliphatic rings. The van der Waals surface area contributed by atoms with Crippen LogP contribution in [0.15, 0.2) is 21.5 Å². The van der Waals surface area contributed by atoms with Crippen molar-refractivity contribution in [3.05, 3.63) is 23.7 Å². The molecular formula is C17H30IN3O2. The van der Waals surface area contributed by atoms with Crippen LogP contribution in [0.2, 0.25) is 0 Å². The molecule has 1 fully saturated rings. The Kier molecular flexibility index (Phi) is 8.39. The smallest absolute Gasteiger partial charge is 0.191 e. The summed E-state index contributed by atoms with van der Waals surface area (Å²) in [4.78, 5) is 4.58. The van der Waals surface area contributed by atoms with Crippen molar-refractivity contribution in [2.24, 2.45) is 4.99 Å². The summed E-state index contributed by atoms with van der Waals surface area (Å²) in [6, 6.07) is 3.97. The second kappa shape index (κ2) is 9.52. The molecule has 3 N–H and O–H groups in total. The quantitative estimate of drug-likeness (QED) is 0.376. The Morgan fingerprint density at radius 1 is 1.35 bits per heavy atom. The van der Waals surface area contributed by atoms with Gasteiger partial charge in [-0.3, -0.25) is 4.99 Å². The van der Waals surface area contributed by atoms with Gasteiger partial charge in [0.05, 0.1) is 18.2 Å². The van der Waals surface area contributed by atoms with Crippen molar-refractivity contribution in [2.75, 3.05) is 13.1 Å². The van der Waals surface area contributed by atoms with Gasteiger partial charge in [-0.05, 0) is 45.7 Å². The third kappa shape index (κ3) is 6.33. The lowest BCUT2D eigenvalue weighted by Crippen LogP contribution is -2.41. The summed E-state index contributed by atoms with van der Waals surface area (Å²) in [7, 11) is 0. The normalized spacial score (nSPS) is 18.9. The van der Waals surface area contributed by atoms with E-state index in [1.54, 1.807) is 0 Å². The number of guanidine groups is 1. The van der Waals surface area contributed by atoms with Crippen molar-refractivity contribution < 1.29 is 9.52 Å². The number of rotatable bonds is 5. The highest BCUT2D eigenvalue weighted by atomic mass is 127. The summed E-state index contributed by atoms with van der Waals surface area (Å²) < 4.78 is 5.64. The van der Waals surface area contributed by atoms with Crippen molar-refractivity contribution in [1.82, 2.24) is 10.6 Å². The first-order chi connectivity index (χ1) is 10.5. The monoisotopic (exact) mass is 435 g/mol. The van der Waals surface area contributed by atoms with Crippen LogP contribution in [-0.2, 0) is 0 Å². The Labute approximate surface area is 156 Å². The predicted molar refractivity (Wildman–Crippen MR) is 104 cm³/mol. The number of furan rings is 1. The summed E-state index contributed by atoms with van der Waals surface area (Å²) in [5.74, 6) is 2.52. The van der Waals surface area contributed by atoms with E-state index in [2.05, 4.69) is 15.6 Å². The van der Waals surface area contributed by atoms with Gasteiger partial charge in [-0.25, -0.2) is 0 Å². The van der Waals surface area contributed by atoms with Gasteiger partial charge in [-0.15, -0.1) is 24.0 Å². The predicted octanol–water partition coefficient (Wildman–Crippen LogP) is 3.52. The fourth-order valence-corrected chi connectivity index (χ4v) is 2.88. The molecule has 0 aromatic carbocycles. The highest BCUT2D eigenvalue weighted by Gasteiger charge is 2.29. The van der Waals surface area contributed by atoms with Crippen LogP contribution in [0, 0.1) is 6.92 Å². The van der Waals surface area contributed by atoms with Gasteiger partial charge < -0.3 is 20.2 Å². The molecule has 0 spiro atoms. The molecule has 23 heavy (non-hydrogen) atoms. The van der Waals surface area contributed by atoms with Crippen molar-refractivity contribution in [2.45, 2.75) is 64.5 Å². The average Bonchev–Trinajstić information content (AvgIpc) is 2.93. The standard InChI is InChI=1S/C17H29N3O2.HI/c1-4-18-16(19-12-17(21)10-6-5-7-11-17)20-14(3)15-9-8-13(2)22-15;/h8-9,14,21H,4-7,10-12H2,1-3H3,(H2,18,19,20);1H. The number of hydrogen-bond donors (Lipinski definition) is 3. The van der Waals surface area contributed by atoms with Gasteiger partial charge in [0.1, 0.15) is 11.5 Å². The number of nitrogens with one attached hydrogen (secondary N) is 2. The first-order valence-corrected chi connectivity index (χ1v) is 8.36. The Morgan fingerprint density at radius 2 is 2.04 bits per heavy atom. The molecular weight excluding hydrogens is 405 g/mol. The third-order valence-electron chi connectivity index (χ3n) is 4.20. The Morgan fingerprint density at radius 3 is 2.61 bits per heavy atom. The number of aryl methyl sites for hydroxylation is 1. The van der Waals surface area contributed by atoms with Gasteiger partial charge in [0, 0.05) is 6.54 Å². The van der Waals surface area contributed by atoms with Crippen LogP contribution in [0.1, 0.15) is 63.5 Å². The molecule has 1 unspecified atom stereocenters. The van der Waals surface area contributed by atoms with Crippen molar-refractivity contribution in [1.29, 1.82) is 0 Å². The van der Waals surface area contributed by atoms with Crippen LogP contribution in [0.5, 0.6) is 0 Å². The molecule has 0 aliphatic heterocycles. The molecule has 0 saturated heterocycles. The molecule has 1 saturated carbocycles. The third-order valence-corrected chi connectivity index (χ3v) is 4.20. The van der Waals surface area contributed by atoms with Crippen LogP contribution in [0.4, 0.5) is 0 Å². The van der Waals surface area contributed by atoms with E-state index in [9.17, 15) is 5.11 Å². The zero-order valence-corrected chi connectivity index (χ0v) is 16.7. The zero-order chi connectivity index (χ0) is 16.0. The lowest BCUT2D eigenvalue weighted by atomic mass is 9.85. The largest absolute Gasteiger partial charge is 0.464 e. The fourth-order valence-electron chi connectivity index (χ4n) is 2.88. The van der Waals surface area contributed by atoms with Crippen molar-refractivity contribution >= 4 is 29.9 Å². The Bertz CT molecular complexity index is 496. The topological polar surface area (TPSA) is 69.8 Å². The molecule has 132 valence electrons. The highest BCUT2D eigenvalue weighted by Crippen LogP contribution is 2.28. The minimum absolute atomic E-state index is 0. The second-order valence-electron chi connectivity index (χ2n) is 6.29. The summed E-state index contributed by atoms with van der Waals surface area (Å²) in [5, 5.41) is 17.1. The molecule has 0 amide bonds. The van der Waals surface area contributed by atoms with Crippen LogP contribution in [0.3, 0.4) is 0 Å². The van der Waals surface area contributed by atoms with Crippen molar-refractivity contribution in [3.63, 3.8) is 0 Å². The maximum absolute atomic E-state index is 10.6. The molecule has 0 radical (unpaired) electrons. The summed E-state index contributed by atoms with van der Waals surface area (Å²) in [6.07, 6.45) is 5.11. The Hall–Kier alpha value is -0.760. The van der Waals surface area contributed by atoms with Gasteiger partial charge in [0.15, 0.2) is 5.96 Å².